The molecule has 5 nitrogen and oxygen atoms in total. The van der Waals surface area contributed by atoms with Gasteiger partial charge in [-0.25, -0.2) is 4.98 Å². The molecule has 0 aliphatic carbocycles. The van der Waals surface area contributed by atoms with E-state index in [0.29, 0.717) is 18.7 Å². The summed E-state index contributed by atoms with van der Waals surface area (Å²) in [6, 6.07) is 7.13. The highest BCUT2D eigenvalue weighted by Crippen LogP contribution is 2.34. The number of nitrogens with zero attached hydrogens (tertiary/aromatic N) is 2. The predicted octanol–water partition coefficient (Wildman–Crippen LogP) is 4.50. The van der Waals surface area contributed by atoms with Crippen LogP contribution in [0.1, 0.15) is 39.2 Å². The van der Waals surface area contributed by atoms with Crippen molar-refractivity contribution in [2.75, 3.05) is 20.3 Å². The maximum atomic E-state index is 5.61. The van der Waals surface area contributed by atoms with E-state index < -0.39 is 0 Å². The molecule has 0 unspecified atom stereocenters. The summed E-state index contributed by atoms with van der Waals surface area (Å²) in [5, 5.41) is 3.59. The summed E-state index contributed by atoms with van der Waals surface area (Å²) in [6.07, 6.45) is 7.43. The fourth-order valence-corrected chi connectivity index (χ4v) is 3.46. The summed E-state index contributed by atoms with van der Waals surface area (Å²) >= 11 is 0. The summed E-state index contributed by atoms with van der Waals surface area (Å²) in [5.41, 5.74) is 1.06. The molecule has 1 aliphatic rings. The molecule has 1 aromatic heterocycles. The lowest BCUT2D eigenvalue weighted by Crippen LogP contribution is -2.38. The third-order valence-electron chi connectivity index (χ3n) is 4.74. The number of benzene rings is 1. The normalized spacial score (nSPS) is 19.2. The van der Waals surface area contributed by atoms with Gasteiger partial charge < -0.3 is 19.4 Å². The average Bonchev–Trinajstić information content (AvgIpc) is 3.12. The van der Waals surface area contributed by atoms with E-state index in [1.807, 2.05) is 25.3 Å². The van der Waals surface area contributed by atoms with Crippen molar-refractivity contribution in [3.8, 4) is 22.9 Å². The van der Waals surface area contributed by atoms with Crippen molar-refractivity contribution >= 4 is 24.8 Å². The van der Waals surface area contributed by atoms with Crippen molar-refractivity contribution < 1.29 is 9.47 Å². The zero-order chi connectivity index (χ0) is 16.9. The zero-order valence-corrected chi connectivity index (χ0v) is 17.2. The third-order valence-corrected chi connectivity index (χ3v) is 4.74. The first kappa shape index (κ1) is 22.6. The summed E-state index contributed by atoms with van der Waals surface area (Å²) < 4.78 is 13.4. The van der Waals surface area contributed by atoms with E-state index in [1.54, 1.807) is 7.11 Å². The van der Waals surface area contributed by atoms with Crippen molar-refractivity contribution in [1.29, 1.82) is 0 Å². The zero-order valence-electron chi connectivity index (χ0n) is 15.6. The van der Waals surface area contributed by atoms with E-state index in [9.17, 15) is 0 Å². The highest BCUT2D eigenvalue weighted by Gasteiger charge is 2.23. The van der Waals surface area contributed by atoms with Crippen LogP contribution in [0, 0.1) is 0 Å². The minimum Gasteiger partial charge on any atom is -0.493 e. The van der Waals surface area contributed by atoms with Crippen LogP contribution in [0.15, 0.2) is 30.6 Å². The van der Waals surface area contributed by atoms with Gasteiger partial charge in [0, 0.05) is 30.0 Å². The summed E-state index contributed by atoms with van der Waals surface area (Å²) in [5.74, 6) is 2.52. The molecule has 0 saturated carbocycles. The number of nitrogens with one attached hydrogen (secondary N) is 1. The maximum Gasteiger partial charge on any atom is 0.161 e. The molecule has 26 heavy (non-hydrogen) atoms. The highest BCUT2D eigenvalue weighted by atomic mass is 35.5. The van der Waals surface area contributed by atoms with Gasteiger partial charge in [-0.2, -0.15) is 0 Å². The Morgan fingerprint density at radius 1 is 1.23 bits per heavy atom. The van der Waals surface area contributed by atoms with E-state index in [4.69, 9.17) is 9.47 Å². The quantitative estimate of drug-likeness (QED) is 0.773. The molecule has 2 heterocycles. The topological polar surface area (TPSA) is 48.3 Å². The number of rotatable bonds is 6. The monoisotopic (exact) mass is 401 g/mol. The SMILES string of the molecule is CCOc1ccc(-c2nccn2[C@@H]2CCN[C@@H](CC)C2)cc1OC.Cl.Cl. The molecule has 1 fully saturated rings. The molecule has 0 bridgehead atoms. The summed E-state index contributed by atoms with van der Waals surface area (Å²) in [7, 11) is 1.67. The second-order valence-electron chi connectivity index (χ2n) is 6.19. The van der Waals surface area contributed by atoms with Crippen LogP contribution in [0.3, 0.4) is 0 Å². The molecule has 2 aromatic rings. The predicted molar refractivity (Wildman–Crippen MR) is 110 cm³/mol. The number of ether oxygens (including phenoxy) is 2. The van der Waals surface area contributed by atoms with Crippen LogP contribution in [0.4, 0.5) is 0 Å². The third kappa shape index (κ3) is 4.84. The van der Waals surface area contributed by atoms with Gasteiger partial charge in [0.2, 0.25) is 0 Å². The Kier molecular flexibility index (Phi) is 9.27. The molecule has 7 heteroatoms. The van der Waals surface area contributed by atoms with Gasteiger partial charge in [0.25, 0.3) is 0 Å². The highest BCUT2D eigenvalue weighted by molar-refractivity contribution is 5.85. The largest absolute Gasteiger partial charge is 0.493 e. The molecule has 1 aromatic carbocycles. The number of methoxy groups -OCH3 is 1. The van der Waals surface area contributed by atoms with Crippen LogP contribution in [-0.2, 0) is 0 Å². The lowest BCUT2D eigenvalue weighted by atomic mass is 9.97. The number of halogens is 2. The van der Waals surface area contributed by atoms with Crippen LogP contribution in [0.5, 0.6) is 11.5 Å². The van der Waals surface area contributed by atoms with Crippen LogP contribution < -0.4 is 14.8 Å². The average molecular weight is 402 g/mol. The van der Waals surface area contributed by atoms with Gasteiger partial charge in [0.15, 0.2) is 11.5 Å². The number of piperidine rings is 1. The lowest BCUT2D eigenvalue weighted by Gasteiger charge is -2.31. The maximum absolute atomic E-state index is 5.61. The van der Waals surface area contributed by atoms with Gasteiger partial charge in [0.05, 0.1) is 13.7 Å². The van der Waals surface area contributed by atoms with E-state index in [1.165, 1.54) is 0 Å². The first-order valence-corrected chi connectivity index (χ1v) is 8.84. The second kappa shape index (κ2) is 10.7. The molecule has 3 rings (SSSR count). The van der Waals surface area contributed by atoms with Crippen molar-refractivity contribution in [2.45, 2.75) is 45.2 Å². The van der Waals surface area contributed by atoms with Gasteiger partial charge >= 0.3 is 0 Å². The molecule has 146 valence electrons. The Bertz CT molecular complexity index is 679. The van der Waals surface area contributed by atoms with E-state index in [2.05, 4.69) is 34.1 Å². The van der Waals surface area contributed by atoms with Gasteiger partial charge in [-0.3, -0.25) is 0 Å². The van der Waals surface area contributed by atoms with E-state index in [-0.39, 0.29) is 24.8 Å². The van der Waals surface area contributed by atoms with Crippen molar-refractivity contribution in [3.05, 3.63) is 30.6 Å². The minimum atomic E-state index is 0. The van der Waals surface area contributed by atoms with Gasteiger partial charge in [0.1, 0.15) is 5.82 Å². The Morgan fingerprint density at radius 2 is 2.04 bits per heavy atom. The van der Waals surface area contributed by atoms with Crippen LogP contribution in [0.2, 0.25) is 0 Å². The van der Waals surface area contributed by atoms with Crippen molar-refractivity contribution in [3.63, 3.8) is 0 Å². The van der Waals surface area contributed by atoms with Gasteiger partial charge in [-0.1, -0.05) is 6.92 Å². The second-order valence-corrected chi connectivity index (χ2v) is 6.19. The van der Waals surface area contributed by atoms with Crippen molar-refractivity contribution in [1.82, 2.24) is 14.9 Å². The molecule has 1 saturated heterocycles. The van der Waals surface area contributed by atoms with E-state index in [0.717, 1.165) is 48.7 Å². The standard InChI is InChI=1S/C19H27N3O2.2ClH/c1-4-15-13-16(8-9-20-15)22-11-10-21-19(22)14-6-7-17(24-5-2)18(12-14)23-3;;/h6-7,10-12,15-16,20H,4-5,8-9,13H2,1-3H3;2*1H/t15-,16+;;/m0../s1. The molecular weight excluding hydrogens is 373 g/mol. The number of hydrogen-bond donors (Lipinski definition) is 1. The summed E-state index contributed by atoms with van der Waals surface area (Å²) in [6.45, 7) is 5.90. The molecule has 0 amide bonds. The fraction of sp³-hybridized carbons (Fsp3) is 0.526. The Morgan fingerprint density at radius 3 is 2.73 bits per heavy atom. The van der Waals surface area contributed by atoms with Gasteiger partial charge in [-0.15, -0.1) is 24.8 Å². The number of imidazole rings is 1. The molecule has 1 N–H and O–H groups in total. The Hall–Kier alpha value is -1.43. The Balaban J connectivity index is 0.00000169. The number of hydrogen-bond acceptors (Lipinski definition) is 4. The summed E-state index contributed by atoms with van der Waals surface area (Å²) in [4.78, 5) is 4.61. The molecule has 1 aliphatic heterocycles. The molecule has 0 spiro atoms. The molecule has 2 atom stereocenters. The fourth-order valence-electron chi connectivity index (χ4n) is 3.46. The van der Waals surface area contributed by atoms with E-state index >= 15 is 0 Å². The molecule has 0 radical (unpaired) electrons. The van der Waals surface area contributed by atoms with Crippen LogP contribution in [-0.4, -0.2) is 35.9 Å². The lowest BCUT2D eigenvalue weighted by molar-refractivity contribution is 0.297. The first-order chi connectivity index (χ1) is 11.8. The van der Waals surface area contributed by atoms with Gasteiger partial charge in [-0.05, 0) is 50.9 Å². The number of aromatic nitrogens is 2. The van der Waals surface area contributed by atoms with Crippen molar-refractivity contribution in [2.24, 2.45) is 0 Å². The minimum absolute atomic E-state index is 0. The van der Waals surface area contributed by atoms with Crippen LogP contribution in [0.25, 0.3) is 11.4 Å². The Labute approximate surface area is 168 Å². The molecular formula is C19H29Cl2N3O2. The smallest absolute Gasteiger partial charge is 0.161 e. The van der Waals surface area contributed by atoms with Crippen LogP contribution >= 0.6 is 24.8 Å². The first-order valence-electron chi connectivity index (χ1n) is 8.84.